The fourth-order valence-corrected chi connectivity index (χ4v) is 3.63. The molecule has 2 N–H and O–H groups in total. The summed E-state index contributed by atoms with van der Waals surface area (Å²) in [5, 5.41) is 5.07. The normalized spacial score (nSPS) is 12.5. The molecule has 0 saturated carbocycles. The second-order valence-corrected chi connectivity index (χ2v) is 8.13. The standard InChI is InChI=1S/C18H29N2O6P/c1-5-25-27(23,26-6-2)13-19-17(21)16(14(3)4)20-18(22)24-12-15-10-8-7-9-11-15/h7-11,14,16H,5-6,12-13H2,1-4H3,(H,19,21)(H,20,22)/t16-/m0/s1. The molecule has 0 aliphatic heterocycles. The van der Waals surface area contributed by atoms with Crippen molar-refractivity contribution in [2.24, 2.45) is 5.92 Å². The first-order valence-electron chi connectivity index (χ1n) is 8.94. The lowest BCUT2D eigenvalue weighted by Gasteiger charge is -2.23. The van der Waals surface area contributed by atoms with E-state index in [-0.39, 0.29) is 32.0 Å². The molecule has 1 atom stereocenters. The number of rotatable bonds is 11. The molecular formula is C18H29N2O6P. The van der Waals surface area contributed by atoms with Crippen molar-refractivity contribution in [3.05, 3.63) is 35.9 Å². The summed E-state index contributed by atoms with van der Waals surface area (Å²) in [6.45, 7) is 7.45. The van der Waals surface area contributed by atoms with Crippen molar-refractivity contribution in [2.75, 3.05) is 19.5 Å². The van der Waals surface area contributed by atoms with Crippen molar-refractivity contribution >= 4 is 19.6 Å². The summed E-state index contributed by atoms with van der Waals surface area (Å²) in [6.07, 6.45) is -0.970. The number of nitrogens with one attached hydrogen (secondary N) is 2. The lowest BCUT2D eigenvalue weighted by Crippen LogP contribution is -2.50. The second-order valence-electron chi connectivity index (χ2n) is 6.07. The van der Waals surface area contributed by atoms with Gasteiger partial charge in [-0.3, -0.25) is 9.36 Å². The fraction of sp³-hybridized carbons (Fsp3) is 0.556. The summed E-state index contributed by atoms with van der Waals surface area (Å²) < 4.78 is 27.8. The molecule has 0 aliphatic rings. The predicted octanol–water partition coefficient (Wildman–Crippen LogP) is 3.28. The first-order valence-corrected chi connectivity index (χ1v) is 10.7. The summed E-state index contributed by atoms with van der Waals surface area (Å²) in [4.78, 5) is 24.5. The highest BCUT2D eigenvalue weighted by molar-refractivity contribution is 7.53. The van der Waals surface area contributed by atoms with E-state index in [1.54, 1.807) is 27.7 Å². The van der Waals surface area contributed by atoms with Crippen LogP contribution in [0.4, 0.5) is 4.79 Å². The summed E-state index contributed by atoms with van der Waals surface area (Å²) in [7, 11) is -3.41. The van der Waals surface area contributed by atoms with Crippen LogP contribution in [0.25, 0.3) is 0 Å². The third-order valence-electron chi connectivity index (χ3n) is 3.53. The van der Waals surface area contributed by atoms with Crippen LogP contribution in [0.2, 0.25) is 0 Å². The Balaban J connectivity index is 2.59. The molecule has 0 bridgehead atoms. The Hall–Kier alpha value is -1.89. The van der Waals surface area contributed by atoms with Gasteiger partial charge in [-0.25, -0.2) is 4.79 Å². The van der Waals surface area contributed by atoms with Crippen LogP contribution in [0, 0.1) is 5.92 Å². The highest BCUT2D eigenvalue weighted by atomic mass is 31.2. The Labute approximate surface area is 160 Å². The van der Waals surface area contributed by atoms with E-state index >= 15 is 0 Å². The third-order valence-corrected chi connectivity index (χ3v) is 5.38. The number of alkyl carbamates (subject to hydrolysis) is 1. The minimum atomic E-state index is -3.41. The van der Waals surface area contributed by atoms with Crippen LogP contribution in [0.3, 0.4) is 0 Å². The summed E-state index contributed by atoms with van der Waals surface area (Å²) in [5.41, 5.74) is 0.840. The van der Waals surface area contributed by atoms with Gasteiger partial charge in [0.2, 0.25) is 5.91 Å². The van der Waals surface area contributed by atoms with E-state index in [0.29, 0.717) is 0 Å². The van der Waals surface area contributed by atoms with Crippen LogP contribution in [0.5, 0.6) is 0 Å². The maximum atomic E-state index is 12.4. The first kappa shape index (κ1) is 23.1. The van der Waals surface area contributed by atoms with Gasteiger partial charge in [-0.15, -0.1) is 0 Å². The number of amides is 2. The van der Waals surface area contributed by atoms with E-state index in [1.165, 1.54) is 0 Å². The van der Waals surface area contributed by atoms with E-state index < -0.39 is 25.6 Å². The Morgan fingerprint density at radius 1 is 1.07 bits per heavy atom. The molecule has 0 spiro atoms. The number of hydrogen-bond donors (Lipinski definition) is 2. The number of hydrogen-bond acceptors (Lipinski definition) is 6. The van der Waals surface area contributed by atoms with E-state index in [4.69, 9.17) is 13.8 Å². The number of carbonyl (C=O) groups excluding carboxylic acids is 2. The molecule has 0 saturated heterocycles. The SMILES string of the molecule is CCOP(=O)(CNC(=O)[C@@H](NC(=O)OCc1ccccc1)C(C)C)OCC. The molecule has 27 heavy (non-hydrogen) atoms. The zero-order chi connectivity index (χ0) is 20.3. The molecule has 152 valence electrons. The van der Waals surface area contributed by atoms with Crippen molar-refractivity contribution in [1.82, 2.24) is 10.6 Å². The smallest absolute Gasteiger partial charge is 0.408 e. The number of ether oxygens (including phenoxy) is 1. The average molecular weight is 400 g/mol. The van der Waals surface area contributed by atoms with Gasteiger partial charge < -0.3 is 24.4 Å². The van der Waals surface area contributed by atoms with Crippen molar-refractivity contribution in [3.63, 3.8) is 0 Å². The molecule has 1 rings (SSSR count). The highest BCUT2D eigenvalue weighted by Gasteiger charge is 2.29. The topological polar surface area (TPSA) is 103 Å². The molecule has 8 nitrogen and oxygen atoms in total. The van der Waals surface area contributed by atoms with Gasteiger partial charge in [0.25, 0.3) is 0 Å². The molecule has 2 amide bonds. The van der Waals surface area contributed by atoms with Gasteiger partial charge in [0.05, 0.1) is 13.2 Å². The van der Waals surface area contributed by atoms with Crippen LogP contribution in [0.15, 0.2) is 30.3 Å². The molecule has 0 unspecified atom stereocenters. The zero-order valence-corrected chi connectivity index (χ0v) is 17.2. The molecule has 0 aromatic heterocycles. The highest BCUT2D eigenvalue weighted by Crippen LogP contribution is 2.46. The molecule has 1 aromatic rings. The predicted molar refractivity (Wildman–Crippen MR) is 102 cm³/mol. The van der Waals surface area contributed by atoms with Gasteiger partial charge in [-0.2, -0.15) is 0 Å². The zero-order valence-electron chi connectivity index (χ0n) is 16.3. The second kappa shape index (κ2) is 11.7. The Kier molecular flexibility index (Phi) is 10.1. The van der Waals surface area contributed by atoms with Crippen molar-refractivity contribution in [2.45, 2.75) is 40.3 Å². The maximum absolute atomic E-state index is 12.4. The molecule has 9 heteroatoms. The van der Waals surface area contributed by atoms with Crippen LogP contribution in [-0.4, -0.2) is 37.5 Å². The van der Waals surface area contributed by atoms with Crippen LogP contribution in [-0.2, 0) is 29.8 Å². The van der Waals surface area contributed by atoms with Crippen LogP contribution in [0.1, 0.15) is 33.3 Å². The van der Waals surface area contributed by atoms with Crippen molar-refractivity contribution in [3.8, 4) is 0 Å². The van der Waals surface area contributed by atoms with Crippen molar-refractivity contribution in [1.29, 1.82) is 0 Å². The third kappa shape index (κ3) is 8.56. The Bertz CT molecular complexity index is 628. The number of carbonyl (C=O) groups is 2. The van der Waals surface area contributed by atoms with Gasteiger partial charge in [0.15, 0.2) is 0 Å². The average Bonchev–Trinajstić information content (AvgIpc) is 2.63. The van der Waals surface area contributed by atoms with E-state index in [9.17, 15) is 14.2 Å². The summed E-state index contributed by atoms with van der Waals surface area (Å²) in [6, 6.07) is 8.38. The van der Waals surface area contributed by atoms with Gasteiger partial charge in [-0.05, 0) is 25.3 Å². The molecule has 0 aliphatic carbocycles. The van der Waals surface area contributed by atoms with Gasteiger partial charge in [-0.1, -0.05) is 44.2 Å². The largest absolute Gasteiger partial charge is 0.445 e. The summed E-state index contributed by atoms with van der Waals surface area (Å²) in [5.74, 6) is -0.686. The van der Waals surface area contributed by atoms with E-state index in [2.05, 4.69) is 10.6 Å². The first-order chi connectivity index (χ1) is 12.8. The monoisotopic (exact) mass is 400 g/mol. The van der Waals surface area contributed by atoms with Crippen LogP contribution >= 0.6 is 7.60 Å². The maximum Gasteiger partial charge on any atom is 0.408 e. The molecule has 0 radical (unpaired) electrons. The minimum absolute atomic E-state index is 0.100. The van der Waals surface area contributed by atoms with Gasteiger partial charge in [0.1, 0.15) is 18.9 Å². The Morgan fingerprint density at radius 3 is 2.19 bits per heavy atom. The lowest BCUT2D eigenvalue weighted by atomic mass is 10.0. The molecule has 0 fully saturated rings. The molecular weight excluding hydrogens is 371 g/mol. The summed E-state index contributed by atoms with van der Waals surface area (Å²) >= 11 is 0. The van der Waals surface area contributed by atoms with Crippen LogP contribution < -0.4 is 10.6 Å². The van der Waals surface area contributed by atoms with E-state index in [0.717, 1.165) is 5.56 Å². The minimum Gasteiger partial charge on any atom is -0.445 e. The van der Waals surface area contributed by atoms with Gasteiger partial charge in [0, 0.05) is 0 Å². The fourth-order valence-electron chi connectivity index (χ4n) is 2.23. The lowest BCUT2D eigenvalue weighted by molar-refractivity contribution is -0.123. The quantitative estimate of drug-likeness (QED) is 0.553. The van der Waals surface area contributed by atoms with Gasteiger partial charge >= 0.3 is 13.7 Å². The van der Waals surface area contributed by atoms with E-state index in [1.807, 2.05) is 30.3 Å². The molecule has 0 heterocycles. The number of benzene rings is 1. The molecule has 1 aromatic carbocycles. The van der Waals surface area contributed by atoms with Crippen molar-refractivity contribution < 1.29 is 27.9 Å². The Morgan fingerprint density at radius 2 is 1.67 bits per heavy atom.